The van der Waals surface area contributed by atoms with Gasteiger partial charge in [0.05, 0.1) is 27.9 Å². The third-order valence-corrected chi connectivity index (χ3v) is 12.6. The molecule has 0 radical (unpaired) electrons. The molecule has 4 heterocycles. The molecule has 0 saturated carbocycles. The molecule has 5 heteroatoms. The number of furan rings is 1. The van der Waals surface area contributed by atoms with E-state index in [0.29, 0.717) is 5.82 Å². The van der Waals surface area contributed by atoms with Crippen LogP contribution in [0.15, 0.2) is 223 Å². The van der Waals surface area contributed by atoms with E-state index >= 15 is 0 Å². The van der Waals surface area contributed by atoms with Gasteiger partial charge < -0.3 is 8.98 Å². The zero-order valence-electron chi connectivity index (χ0n) is 34.5. The second-order valence-corrected chi connectivity index (χ2v) is 16.3. The van der Waals surface area contributed by atoms with Crippen molar-refractivity contribution in [1.29, 1.82) is 0 Å². The molecule has 0 bridgehead atoms. The second-order valence-electron chi connectivity index (χ2n) is 16.3. The van der Waals surface area contributed by atoms with Crippen LogP contribution in [0.5, 0.6) is 0 Å². The highest BCUT2D eigenvalue weighted by Gasteiger charge is 2.21. The van der Waals surface area contributed by atoms with Crippen molar-refractivity contribution >= 4 is 65.4 Å². The van der Waals surface area contributed by atoms with Crippen molar-refractivity contribution in [2.45, 2.75) is 0 Å². The molecule has 9 aromatic carbocycles. The lowest BCUT2D eigenvalue weighted by atomic mass is 9.92. The van der Waals surface area contributed by atoms with Crippen molar-refractivity contribution < 1.29 is 4.42 Å². The molecule has 0 aliphatic rings. The molecule has 0 aliphatic heterocycles. The van der Waals surface area contributed by atoms with E-state index in [-0.39, 0.29) is 0 Å². The molecule has 0 atom stereocenters. The second kappa shape index (κ2) is 14.5. The molecule has 0 aliphatic carbocycles. The lowest BCUT2D eigenvalue weighted by Gasteiger charge is -2.14. The monoisotopic (exact) mass is 816 g/mol. The van der Waals surface area contributed by atoms with Crippen LogP contribution in [0.2, 0.25) is 0 Å². The maximum atomic E-state index is 6.62. The van der Waals surface area contributed by atoms with E-state index in [0.717, 1.165) is 99.8 Å². The summed E-state index contributed by atoms with van der Waals surface area (Å²) in [5, 5.41) is 8.00. The van der Waals surface area contributed by atoms with Crippen LogP contribution in [0.1, 0.15) is 0 Å². The topological polar surface area (TPSA) is 56.7 Å². The molecular weight excluding hydrogens is 781 g/mol. The van der Waals surface area contributed by atoms with Crippen molar-refractivity contribution in [3.63, 3.8) is 0 Å². The molecule has 64 heavy (non-hydrogen) atoms. The zero-order chi connectivity index (χ0) is 42.1. The van der Waals surface area contributed by atoms with E-state index in [9.17, 15) is 0 Å². The van der Waals surface area contributed by atoms with Gasteiger partial charge in [-0.1, -0.05) is 176 Å². The van der Waals surface area contributed by atoms with Crippen LogP contribution < -0.4 is 0 Å². The molecule has 0 fully saturated rings. The predicted molar refractivity (Wildman–Crippen MR) is 264 cm³/mol. The molecule has 0 saturated heterocycles. The van der Waals surface area contributed by atoms with E-state index < -0.39 is 0 Å². The quantitative estimate of drug-likeness (QED) is 0.168. The summed E-state index contributed by atoms with van der Waals surface area (Å²) in [5.41, 5.74) is 14.9. The molecule has 0 unspecified atom stereocenters. The van der Waals surface area contributed by atoms with Gasteiger partial charge >= 0.3 is 0 Å². The molecule has 13 aromatic rings. The first-order valence-corrected chi connectivity index (χ1v) is 21.6. The average molecular weight is 817 g/mol. The van der Waals surface area contributed by atoms with E-state index in [1.165, 1.54) is 21.8 Å². The Morgan fingerprint density at radius 1 is 0.359 bits per heavy atom. The van der Waals surface area contributed by atoms with Gasteiger partial charge in [-0.15, -0.1) is 0 Å². The molecule has 5 nitrogen and oxygen atoms in total. The summed E-state index contributed by atoms with van der Waals surface area (Å²) in [6, 6.07) is 76.6. The van der Waals surface area contributed by atoms with Gasteiger partial charge in [-0.25, -0.2) is 15.0 Å². The molecule has 0 N–H and O–H groups in total. The molecule has 298 valence electrons. The van der Waals surface area contributed by atoms with Crippen LogP contribution in [0.25, 0.3) is 127 Å². The molecular formula is C59H36N4O. The van der Waals surface area contributed by atoms with Gasteiger partial charge in [-0.3, -0.25) is 0 Å². The summed E-state index contributed by atoms with van der Waals surface area (Å²) in [7, 11) is 0. The Morgan fingerprint density at radius 2 is 0.922 bits per heavy atom. The van der Waals surface area contributed by atoms with Gasteiger partial charge in [0.15, 0.2) is 11.4 Å². The lowest BCUT2D eigenvalue weighted by Crippen LogP contribution is -1.98. The van der Waals surface area contributed by atoms with Crippen LogP contribution in [0, 0.1) is 0 Å². The number of hydrogen-bond donors (Lipinski definition) is 0. The Hall–Kier alpha value is -8.67. The Morgan fingerprint density at radius 3 is 1.67 bits per heavy atom. The van der Waals surface area contributed by atoms with Crippen LogP contribution in [0.4, 0.5) is 0 Å². The van der Waals surface area contributed by atoms with Gasteiger partial charge in [0.25, 0.3) is 0 Å². The fraction of sp³-hybridized carbons (Fsp3) is 0. The number of aromatic nitrogens is 4. The Bertz CT molecular complexity index is 3900. The summed E-state index contributed by atoms with van der Waals surface area (Å²) in [6.45, 7) is 0. The van der Waals surface area contributed by atoms with Gasteiger partial charge in [-0.05, 0) is 64.4 Å². The standard InChI is InChI=1S/C59H36N4O/c1-2-15-38(16-3-1)51-36-52(40-17-14-18-41(35-40)63-53-26-11-7-21-45(53)46-22-8-12-27-54(46)63)62-59(61-51)39-31-29-37(30-32-39)42-33-34-47(44-20-5-4-19-43(42)44)57-58-56(48-23-6-10-25-50(48)60-57)49-24-9-13-28-55(49)64-58/h1-36H. The van der Waals surface area contributed by atoms with E-state index in [1.807, 2.05) is 24.3 Å². The van der Waals surface area contributed by atoms with E-state index in [2.05, 4.69) is 199 Å². The summed E-state index contributed by atoms with van der Waals surface area (Å²) < 4.78 is 8.96. The van der Waals surface area contributed by atoms with Crippen LogP contribution in [-0.4, -0.2) is 19.5 Å². The Labute approximate surface area is 368 Å². The number of fused-ring (bicyclic) bond motifs is 9. The smallest absolute Gasteiger partial charge is 0.162 e. The fourth-order valence-corrected chi connectivity index (χ4v) is 9.66. The molecule has 13 rings (SSSR count). The van der Waals surface area contributed by atoms with Crippen molar-refractivity contribution in [2.24, 2.45) is 0 Å². The maximum absolute atomic E-state index is 6.62. The van der Waals surface area contributed by atoms with E-state index in [4.69, 9.17) is 19.4 Å². The lowest BCUT2D eigenvalue weighted by molar-refractivity contribution is 0.669. The highest BCUT2D eigenvalue weighted by molar-refractivity contribution is 6.22. The van der Waals surface area contributed by atoms with Gasteiger partial charge in [0, 0.05) is 54.9 Å². The largest absolute Gasteiger partial charge is 0.454 e. The normalized spacial score (nSPS) is 11.8. The number of hydrogen-bond acceptors (Lipinski definition) is 4. The number of para-hydroxylation sites is 4. The van der Waals surface area contributed by atoms with Crippen LogP contribution in [0.3, 0.4) is 0 Å². The number of nitrogens with zero attached hydrogens (tertiary/aromatic N) is 4. The summed E-state index contributed by atoms with van der Waals surface area (Å²) in [6.07, 6.45) is 0. The first-order chi connectivity index (χ1) is 31.7. The third kappa shape index (κ3) is 5.75. The van der Waals surface area contributed by atoms with Gasteiger partial charge in [-0.2, -0.15) is 0 Å². The summed E-state index contributed by atoms with van der Waals surface area (Å²) >= 11 is 0. The Balaban J connectivity index is 0.916. The van der Waals surface area contributed by atoms with Crippen molar-refractivity contribution in [3.8, 4) is 62.0 Å². The minimum atomic E-state index is 0.669. The molecule has 0 spiro atoms. The highest BCUT2D eigenvalue weighted by atomic mass is 16.3. The first-order valence-electron chi connectivity index (χ1n) is 21.6. The SMILES string of the molecule is c1ccc(-c2cc(-c3cccc(-n4c5ccccc5c5ccccc54)c3)nc(-c3ccc(-c4ccc(-c5nc6ccccc6c6c5oc5ccccc56)c5ccccc45)cc3)n2)cc1. The fourth-order valence-electron chi connectivity index (χ4n) is 9.66. The summed E-state index contributed by atoms with van der Waals surface area (Å²) in [5.74, 6) is 0.669. The van der Waals surface area contributed by atoms with Crippen molar-refractivity contribution in [1.82, 2.24) is 19.5 Å². The Kier molecular flexibility index (Phi) is 8.15. The number of pyridine rings is 1. The predicted octanol–water partition coefficient (Wildman–Crippen LogP) is 15.5. The molecule has 4 aromatic heterocycles. The van der Waals surface area contributed by atoms with Crippen LogP contribution >= 0.6 is 0 Å². The van der Waals surface area contributed by atoms with Crippen molar-refractivity contribution in [3.05, 3.63) is 218 Å². The van der Waals surface area contributed by atoms with Gasteiger partial charge in [0.2, 0.25) is 0 Å². The van der Waals surface area contributed by atoms with Crippen molar-refractivity contribution in [2.75, 3.05) is 0 Å². The zero-order valence-corrected chi connectivity index (χ0v) is 34.5. The van der Waals surface area contributed by atoms with E-state index in [1.54, 1.807) is 0 Å². The number of rotatable bonds is 6. The molecule has 0 amide bonds. The van der Waals surface area contributed by atoms with Crippen LogP contribution in [-0.2, 0) is 0 Å². The minimum absolute atomic E-state index is 0.669. The first kappa shape index (κ1) is 36.0. The highest BCUT2D eigenvalue weighted by Crippen LogP contribution is 2.43. The van der Waals surface area contributed by atoms with Gasteiger partial charge in [0.1, 0.15) is 11.3 Å². The minimum Gasteiger partial charge on any atom is -0.454 e. The average Bonchev–Trinajstić information content (AvgIpc) is 3.93. The number of benzene rings is 9. The maximum Gasteiger partial charge on any atom is 0.162 e. The third-order valence-electron chi connectivity index (χ3n) is 12.6. The summed E-state index contributed by atoms with van der Waals surface area (Å²) in [4.78, 5) is 15.7.